The van der Waals surface area contributed by atoms with Crippen LogP contribution < -0.4 is 10.9 Å². The van der Waals surface area contributed by atoms with Crippen LogP contribution in [-0.2, 0) is 6.42 Å². The van der Waals surface area contributed by atoms with Crippen molar-refractivity contribution >= 4 is 28.8 Å². The van der Waals surface area contributed by atoms with Crippen LogP contribution in [0.4, 0.5) is 5.69 Å². The van der Waals surface area contributed by atoms with E-state index in [-0.39, 0.29) is 11.3 Å². The van der Waals surface area contributed by atoms with Crippen molar-refractivity contribution in [2.75, 3.05) is 0 Å². The molecular weight excluding hydrogens is 330 g/mol. The molecule has 7 nitrogen and oxygen atoms in total. The summed E-state index contributed by atoms with van der Waals surface area (Å²) in [5.74, 6) is -0.930. The predicted molar refractivity (Wildman–Crippen MR) is 91.2 cm³/mol. The first kappa shape index (κ1) is 17.6. The molecule has 2 aromatic rings. The second kappa shape index (κ2) is 7.22. The summed E-state index contributed by atoms with van der Waals surface area (Å²) in [5, 5.41) is 10.8. The lowest BCUT2D eigenvalue weighted by molar-refractivity contribution is -0.385. The number of amides is 2. The second-order valence-electron chi connectivity index (χ2n) is 5.24. The van der Waals surface area contributed by atoms with Gasteiger partial charge in [-0.15, -0.1) is 11.3 Å². The molecule has 0 atom stereocenters. The number of aryl methyl sites for hydroxylation is 3. The Morgan fingerprint density at radius 1 is 1.12 bits per heavy atom. The van der Waals surface area contributed by atoms with Gasteiger partial charge in [-0.2, -0.15) is 0 Å². The van der Waals surface area contributed by atoms with Gasteiger partial charge in [0, 0.05) is 22.1 Å². The molecule has 0 aliphatic heterocycles. The van der Waals surface area contributed by atoms with Crippen LogP contribution in [0.2, 0.25) is 0 Å². The molecule has 8 heteroatoms. The topological polar surface area (TPSA) is 101 Å². The summed E-state index contributed by atoms with van der Waals surface area (Å²) in [4.78, 5) is 36.0. The van der Waals surface area contributed by atoms with Gasteiger partial charge in [-0.25, -0.2) is 0 Å². The highest BCUT2D eigenvalue weighted by Crippen LogP contribution is 2.22. The van der Waals surface area contributed by atoms with Gasteiger partial charge in [0.05, 0.1) is 9.80 Å². The van der Waals surface area contributed by atoms with Gasteiger partial charge >= 0.3 is 0 Å². The fraction of sp³-hybridized carbons (Fsp3) is 0.250. The summed E-state index contributed by atoms with van der Waals surface area (Å²) in [6.45, 7) is 5.50. The fourth-order valence-corrected chi connectivity index (χ4v) is 3.24. The highest BCUT2D eigenvalue weighted by Gasteiger charge is 2.16. The average molecular weight is 347 g/mol. The summed E-state index contributed by atoms with van der Waals surface area (Å²) in [6, 6.07) is 5.80. The lowest BCUT2D eigenvalue weighted by atomic mass is 10.1. The van der Waals surface area contributed by atoms with Gasteiger partial charge in [-0.1, -0.05) is 6.92 Å². The Morgan fingerprint density at radius 2 is 1.79 bits per heavy atom. The van der Waals surface area contributed by atoms with Crippen molar-refractivity contribution in [3.05, 3.63) is 60.8 Å². The quantitative estimate of drug-likeness (QED) is 0.656. The van der Waals surface area contributed by atoms with Crippen molar-refractivity contribution in [2.24, 2.45) is 0 Å². The van der Waals surface area contributed by atoms with E-state index in [1.54, 1.807) is 13.0 Å². The molecule has 0 saturated heterocycles. The zero-order chi connectivity index (χ0) is 17.9. The van der Waals surface area contributed by atoms with E-state index in [2.05, 4.69) is 10.9 Å². The van der Waals surface area contributed by atoms with Crippen molar-refractivity contribution in [1.29, 1.82) is 0 Å². The lowest BCUT2D eigenvalue weighted by Gasteiger charge is -2.07. The monoisotopic (exact) mass is 347 g/mol. The maximum absolute atomic E-state index is 12.1. The highest BCUT2D eigenvalue weighted by atomic mass is 32.1. The predicted octanol–water partition coefficient (Wildman–Crippen LogP) is 2.91. The van der Waals surface area contributed by atoms with Crippen LogP contribution >= 0.6 is 11.3 Å². The van der Waals surface area contributed by atoms with Crippen molar-refractivity contribution in [3.63, 3.8) is 0 Å². The maximum atomic E-state index is 12.1. The van der Waals surface area contributed by atoms with Crippen molar-refractivity contribution < 1.29 is 14.5 Å². The average Bonchev–Trinajstić information content (AvgIpc) is 2.92. The number of rotatable bonds is 4. The lowest BCUT2D eigenvalue weighted by Crippen LogP contribution is -2.41. The first-order chi connectivity index (χ1) is 11.3. The number of hydrogen-bond acceptors (Lipinski definition) is 5. The number of benzene rings is 1. The van der Waals surface area contributed by atoms with Crippen LogP contribution in [0.25, 0.3) is 0 Å². The number of nitro benzene ring substituents is 1. The third kappa shape index (κ3) is 3.77. The molecule has 0 aliphatic rings. The van der Waals surface area contributed by atoms with Crippen molar-refractivity contribution in [3.8, 4) is 0 Å². The summed E-state index contributed by atoms with van der Waals surface area (Å²) >= 11 is 1.38. The number of hydrazine groups is 1. The summed E-state index contributed by atoms with van der Waals surface area (Å²) in [7, 11) is 0. The van der Waals surface area contributed by atoms with E-state index in [1.807, 2.05) is 13.8 Å². The Balaban J connectivity index is 2.03. The van der Waals surface area contributed by atoms with Crippen LogP contribution in [0.5, 0.6) is 0 Å². The molecule has 0 bridgehead atoms. The van der Waals surface area contributed by atoms with Crippen LogP contribution in [0.15, 0.2) is 24.3 Å². The Labute approximate surface area is 142 Å². The molecule has 1 aromatic heterocycles. The molecule has 0 unspecified atom stereocenters. The summed E-state index contributed by atoms with van der Waals surface area (Å²) in [6.07, 6.45) is 0.845. The molecule has 1 heterocycles. The van der Waals surface area contributed by atoms with Gasteiger partial charge < -0.3 is 0 Å². The normalized spacial score (nSPS) is 10.3. The smallest absolute Gasteiger partial charge is 0.267 e. The molecule has 2 rings (SSSR count). The maximum Gasteiger partial charge on any atom is 0.279 e. The molecule has 0 fully saturated rings. The van der Waals surface area contributed by atoms with Gasteiger partial charge in [-0.05, 0) is 44.0 Å². The van der Waals surface area contributed by atoms with E-state index in [9.17, 15) is 19.7 Å². The Bertz CT molecular complexity index is 814. The van der Waals surface area contributed by atoms with E-state index in [4.69, 9.17) is 0 Å². The highest BCUT2D eigenvalue weighted by molar-refractivity contribution is 7.14. The van der Waals surface area contributed by atoms with Crippen LogP contribution in [0.3, 0.4) is 0 Å². The number of nitrogens with one attached hydrogen (secondary N) is 2. The van der Waals surface area contributed by atoms with E-state index in [0.29, 0.717) is 10.4 Å². The van der Waals surface area contributed by atoms with E-state index in [1.165, 1.54) is 29.5 Å². The molecular formula is C16H17N3O4S. The number of thiophene rings is 1. The van der Waals surface area contributed by atoms with Crippen molar-refractivity contribution in [2.45, 2.75) is 27.2 Å². The molecule has 126 valence electrons. The van der Waals surface area contributed by atoms with Crippen LogP contribution in [0.1, 0.15) is 43.0 Å². The zero-order valence-corrected chi connectivity index (χ0v) is 14.3. The van der Waals surface area contributed by atoms with Gasteiger partial charge in [0.25, 0.3) is 17.5 Å². The van der Waals surface area contributed by atoms with Crippen LogP contribution in [-0.4, -0.2) is 16.7 Å². The molecule has 1 aromatic carbocycles. The molecule has 0 aliphatic carbocycles. The zero-order valence-electron chi connectivity index (χ0n) is 13.5. The fourth-order valence-electron chi connectivity index (χ4n) is 2.23. The summed E-state index contributed by atoms with van der Waals surface area (Å²) < 4.78 is 0. The van der Waals surface area contributed by atoms with E-state index >= 15 is 0 Å². The molecule has 2 N–H and O–H groups in total. The number of carbonyl (C=O) groups is 2. The number of nitrogens with zero attached hydrogens (tertiary/aromatic N) is 1. The van der Waals surface area contributed by atoms with E-state index in [0.717, 1.165) is 16.9 Å². The Kier molecular flexibility index (Phi) is 5.30. The Morgan fingerprint density at radius 3 is 2.33 bits per heavy atom. The number of carbonyl (C=O) groups excluding carboxylic acids is 2. The van der Waals surface area contributed by atoms with Gasteiger partial charge in [-0.3, -0.25) is 30.6 Å². The van der Waals surface area contributed by atoms with E-state index < -0.39 is 16.7 Å². The number of hydrogen-bond donors (Lipinski definition) is 2. The third-order valence-electron chi connectivity index (χ3n) is 3.51. The van der Waals surface area contributed by atoms with Gasteiger partial charge in [0.2, 0.25) is 0 Å². The molecule has 0 saturated carbocycles. The molecule has 0 radical (unpaired) electrons. The minimum atomic E-state index is -0.537. The molecule has 24 heavy (non-hydrogen) atoms. The molecule has 0 spiro atoms. The Hall–Kier alpha value is -2.74. The van der Waals surface area contributed by atoms with Crippen LogP contribution in [0, 0.1) is 24.0 Å². The largest absolute Gasteiger partial charge is 0.279 e. The summed E-state index contributed by atoms with van der Waals surface area (Å²) in [5.41, 5.74) is 6.27. The van der Waals surface area contributed by atoms with Gasteiger partial charge in [0.15, 0.2) is 0 Å². The standard InChI is InChI=1S/C16H17N3O4S/c1-4-13-10(3)8-14(24-13)16(21)18-17-15(20)11-5-6-12(19(22)23)9(2)7-11/h5-8H,4H2,1-3H3,(H,17,20)(H,18,21). The first-order valence-electron chi connectivity index (χ1n) is 7.28. The second-order valence-corrected chi connectivity index (χ2v) is 6.37. The molecule has 2 amide bonds. The van der Waals surface area contributed by atoms with Gasteiger partial charge in [0.1, 0.15) is 0 Å². The van der Waals surface area contributed by atoms with Crippen molar-refractivity contribution in [1.82, 2.24) is 10.9 Å². The number of nitro groups is 1. The third-order valence-corrected chi connectivity index (χ3v) is 4.89. The SMILES string of the molecule is CCc1sc(C(=O)NNC(=O)c2ccc([N+](=O)[O-])c(C)c2)cc1C. The minimum Gasteiger partial charge on any atom is -0.267 e. The first-order valence-corrected chi connectivity index (χ1v) is 8.10. The minimum absolute atomic E-state index is 0.0586.